The Labute approximate surface area is 248 Å². The van der Waals surface area contributed by atoms with Gasteiger partial charge in [0.05, 0.1) is 34.4 Å². The van der Waals surface area contributed by atoms with Gasteiger partial charge in [0.15, 0.2) is 12.4 Å². The number of fused-ring (bicyclic) bond motifs is 1. The average Bonchev–Trinajstić information content (AvgIpc) is 2.92. The van der Waals surface area contributed by atoms with Crippen LogP contribution in [0.2, 0.25) is 0 Å². The van der Waals surface area contributed by atoms with Crippen LogP contribution in [0.4, 0.5) is 10.5 Å². The van der Waals surface area contributed by atoms with Crippen LogP contribution in [0.5, 0.6) is 0 Å². The zero-order valence-electron chi connectivity index (χ0n) is 24.4. The van der Waals surface area contributed by atoms with E-state index < -0.39 is 34.7 Å². The van der Waals surface area contributed by atoms with Gasteiger partial charge in [-0.05, 0) is 56.5 Å². The number of ether oxygens (including phenoxy) is 2. The highest BCUT2D eigenvalue weighted by Gasteiger charge is 2.25. The summed E-state index contributed by atoms with van der Waals surface area (Å²) in [7, 11) is 1.71. The smallest absolute Gasteiger partial charge is 0.407 e. The highest BCUT2D eigenvalue weighted by atomic mass is 32.1. The van der Waals surface area contributed by atoms with Gasteiger partial charge in [-0.3, -0.25) is 9.36 Å². The number of hydrogen-bond donors (Lipinski definition) is 2. The summed E-state index contributed by atoms with van der Waals surface area (Å²) in [4.78, 5) is 59.5. The molecule has 2 atom stereocenters. The van der Waals surface area contributed by atoms with Gasteiger partial charge in [0.2, 0.25) is 0 Å². The first kappa shape index (κ1) is 32.2. The summed E-state index contributed by atoms with van der Waals surface area (Å²) >= 11 is 4.42. The normalized spacial score (nSPS) is 12.4. The Morgan fingerprint density at radius 2 is 1.90 bits per heavy atom. The predicted molar refractivity (Wildman–Crippen MR) is 160 cm³/mol. The number of nitrogens with one attached hydrogen (secondary N) is 1. The fraction of sp³-hybridized carbons (Fsp3) is 0.429. The number of hydrogen-bond acceptors (Lipinski definition) is 11. The van der Waals surface area contributed by atoms with Crippen LogP contribution in [-0.4, -0.2) is 53.0 Å². The van der Waals surface area contributed by atoms with Gasteiger partial charge in [-0.15, -0.1) is 10.1 Å². The van der Waals surface area contributed by atoms with E-state index in [1.807, 2.05) is 6.92 Å². The highest BCUT2D eigenvalue weighted by molar-refractivity contribution is 7.81. The Morgan fingerprint density at radius 3 is 2.55 bits per heavy atom. The number of aromatic nitrogens is 2. The van der Waals surface area contributed by atoms with Gasteiger partial charge >= 0.3 is 12.1 Å². The molecule has 2 unspecified atom stereocenters. The Morgan fingerprint density at radius 1 is 1.21 bits per heavy atom. The first-order valence-electron chi connectivity index (χ1n) is 13.3. The SMILES string of the molecule is CCCNC(=O)OCc1nc2cc(C)c(C(=O)OCC(C)C(C)O[N+](=O)[O-])c(C)c2c(=O)n1-c1ccccc1N(C)S. The molecule has 3 rings (SSSR count). The summed E-state index contributed by atoms with van der Waals surface area (Å²) in [5.41, 5.74) is 1.92. The van der Waals surface area contributed by atoms with E-state index in [4.69, 9.17) is 14.5 Å². The fourth-order valence-corrected chi connectivity index (χ4v) is 4.56. The molecule has 1 amide bonds. The molecule has 226 valence electrons. The number of thiol groups is 1. The molecule has 0 bridgehead atoms. The molecule has 1 N–H and O–H groups in total. The molecule has 0 radical (unpaired) electrons. The third kappa shape index (κ3) is 7.29. The number of para-hydroxylation sites is 2. The molecule has 0 aliphatic heterocycles. The average molecular weight is 602 g/mol. The molecule has 0 saturated carbocycles. The first-order valence-corrected chi connectivity index (χ1v) is 13.7. The van der Waals surface area contributed by atoms with Gasteiger partial charge in [0.25, 0.3) is 10.6 Å². The third-order valence-electron chi connectivity index (χ3n) is 6.74. The van der Waals surface area contributed by atoms with Gasteiger partial charge < -0.3 is 23.9 Å². The van der Waals surface area contributed by atoms with E-state index in [2.05, 4.69) is 23.0 Å². The lowest BCUT2D eigenvalue weighted by molar-refractivity contribution is -0.769. The number of carbonyl (C=O) groups excluding carboxylic acids is 2. The molecule has 42 heavy (non-hydrogen) atoms. The molecule has 14 heteroatoms. The summed E-state index contributed by atoms with van der Waals surface area (Å²) in [6.45, 7) is 8.41. The second-order valence-electron chi connectivity index (χ2n) is 9.88. The quantitative estimate of drug-likeness (QED) is 0.133. The molecule has 0 aliphatic rings. The summed E-state index contributed by atoms with van der Waals surface area (Å²) in [6.07, 6.45) is -0.712. The molecule has 0 aliphatic carbocycles. The van der Waals surface area contributed by atoms with Crippen LogP contribution < -0.4 is 15.2 Å². The van der Waals surface area contributed by atoms with Crippen molar-refractivity contribution in [1.29, 1.82) is 0 Å². The number of anilines is 1. The Kier molecular flexibility index (Phi) is 10.8. The lowest BCUT2D eigenvalue weighted by Crippen LogP contribution is -2.29. The molecule has 2 aromatic carbocycles. The van der Waals surface area contributed by atoms with E-state index in [1.54, 1.807) is 62.5 Å². The van der Waals surface area contributed by atoms with Crippen LogP contribution >= 0.6 is 12.8 Å². The maximum Gasteiger partial charge on any atom is 0.407 e. The fourth-order valence-electron chi connectivity index (χ4n) is 4.39. The lowest BCUT2D eigenvalue weighted by Gasteiger charge is -2.21. The van der Waals surface area contributed by atoms with E-state index in [9.17, 15) is 24.5 Å². The minimum Gasteiger partial charge on any atom is -0.462 e. The Bertz CT molecular complexity index is 1540. The Hall–Kier alpha value is -4.33. The molecule has 0 spiro atoms. The first-order chi connectivity index (χ1) is 19.9. The van der Waals surface area contributed by atoms with E-state index in [0.717, 1.165) is 6.42 Å². The molecule has 13 nitrogen and oxygen atoms in total. The van der Waals surface area contributed by atoms with Crippen LogP contribution in [0, 0.1) is 29.9 Å². The number of amides is 1. The van der Waals surface area contributed by atoms with Crippen molar-refractivity contribution in [1.82, 2.24) is 14.9 Å². The summed E-state index contributed by atoms with van der Waals surface area (Å²) in [5, 5.41) is 12.6. The summed E-state index contributed by atoms with van der Waals surface area (Å²) < 4.78 is 13.7. The van der Waals surface area contributed by atoms with Crippen molar-refractivity contribution in [3.8, 4) is 5.69 Å². The topological polar surface area (TPSA) is 155 Å². The van der Waals surface area contributed by atoms with E-state index in [1.165, 1.54) is 11.5 Å². The minimum absolute atomic E-state index is 0.134. The monoisotopic (exact) mass is 601 g/mol. The molecule has 1 aromatic heterocycles. The van der Waals surface area contributed by atoms with Gasteiger partial charge in [0.1, 0.15) is 6.10 Å². The third-order valence-corrected chi connectivity index (χ3v) is 6.95. The van der Waals surface area contributed by atoms with Crippen LogP contribution in [-0.2, 0) is 20.9 Å². The number of carbonyl (C=O) groups is 2. The number of esters is 1. The standard InChI is InChI=1S/C28H35N5O8S/c1-7-12-29-28(36)40-15-23-30-20-13-16(2)24(27(35)39-14-17(3)19(5)41-33(37)38)18(4)25(20)26(34)32(23)22-11-9-8-10-21(22)31(6)42/h8-11,13,17,19,42H,7,12,14-15H2,1-6H3,(H,29,36). The van der Waals surface area contributed by atoms with Gasteiger partial charge in [-0.25, -0.2) is 14.6 Å². The number of aryl methyl sites for hydroxylation is 2. The van der Waals surface area contributed by atoms with Crippen molar-refractivity contribution in [2.24, 2.45) is 5.92 Å². The van der Waals surface area contributed by atoms with Crippen molar-refractivity contribution in [2.75, 3.05) is 24.5 Å². The predicted octanol–water partition coefficient (Wildman–Crippen LogP) is 4.31. The van der Waals surface area contributed by atoms with Gasteiger partial charge in [-0.2, -0.15) is 0 Å². The maximum absolute atomic E-state index is 14.2. The zero-order chi connectivity index (χ0) is 31.1. The van der Waals surface area contributed by atoms with E-state index in [-0.39, 0.29) is 30.0 Å². The number of nitrogens with zero attached hydrogens (tertiary/aromatic N) is 4. The van der Waals surface area contributed by atoms with Crippen molar-refractivity contribution in [2.45, 2.75) is 53.8 Å². The minimum atomic E-state index is -0.890. The van der Waals surface area contributed by atoms with Crippen LogP contribution in [0.25, 0.3) is 16.6 Å². The van der Waals surface area contributed by atoms with Crippen molar-refractivity contribution < 1.29 is 29.0 Å². The van der Waals surface area contributed by atoms with Crippen molar-refractivity contribution in [3.05, 3.63) is 73.3 Å². The summed E-state index contributed by atoms with van der Waals surface area (Å²) in [5.74, 6) is -0.982. The molecule has 0 fully saturated rings. The second-order valence-corrected chi connectivity index (χ2v) is 10.5. The molecular weight excluding hydrogens is 566 g/mol. The van der Waals surface area contributed by atoms with Crippen molar-refractivity contribution >= 4 is 41.5 Å². The van der Waals surface area contributed by atoms with Crippen LogP contribution in [0.15, 0.2) is 35.1 Å². The van der Waals surface area contributed by atoms with E-state index >= 15 is 0 Å². The molecule has 0 saturated heterocycles. The second kappa shape index (κ2) is 14.0. The van der Waals surface area contributed by atoms with Crippen LogP contribution in [0.3, 0.4) is 0 Å². The lowest BCUT2D eigenvalue weighted by atomic mass is 9.98. The van der Waals surface area contributed by atoms with E-state index in [0.29, 0.717) is 34.6 Å². The van der Waals surface area contributed by atoms with Gasteiger partial charge in [0, 0.05) is 19.5 Å². The zero-order valence-corrected chi connectivity index (χ0v) is 25.3. The van der Waals surface area contributed by atoms with Crippen molar-refractivity contribution in [3.63, 3.8) is 0 Å². The van der Waals surface area contributed by atoms with Crippen LogP contribution in [0.1, 0.15) is 54.5 Å². The number of benzene rings is 2. The molecular formula is C28H35N5O8S. The number of rotatable bonds is 12. The number of alkyl carbamates (subject to hydrolysis) is 1. The highest BCUT2D eigenvalue weighted by Crippen LogP contribution is 2.28. The molecule has 1 heterocycles. The summed E-state index contributed by atoms with van der Waals surface area (Å²) in [6, 6.07) is 8.63. The largest absolute Gasteiger partial charge is 0.462 e. The van der Waals surface area contributed by atoms with Gasteiger partial charge in [-0.1, -0.05) is 38.8 Å². The Balaban J connectivity index is 2.13. The molecule has 3 aromatic rings. The maximum atomic E-state index is 14.2.